The first-order valence-electron chi connectivity index (χ1n) is 6.15. The van der Waals surface area contributed by atoms with Gasteiger partial charge in [0.25, 0.3) is 10.0 Å². The zero-order valence-electron chi connectivity index (χ0n) is 11.5. The molecule has 0 unspecified atom stereocenters. The lowest BCUT2D eigenvalue weighted by Gasteiger charge is -2.10. The molecule has 2 aromatic carbocycles. The minimum Gasteiger partial charge on any atom is -0.453 e. The van der Waals surface area contributed by atoms with Gasteiger partial charge in [-0.2, -0.15) is 0 Å². The molecule has 6 nitrogen and oxygen atoms in total. The molecule has 0 spiro atoms. The number of rotatable bonds is 4. The highest BCUT2D eigenvalue weighted by Crippen LogP contribution is 2.24. The summed E-state index contributed by atoms with van der Waals surface area (Å²) < 4.78 is 32.0. The molecule has 0 bridgehead atoms. The lowest BCUT2D eigenvalue weighted by atomic mass is 10.3. The van der Waals surface area contributed by atoms with Crippen molar-refractivity contribution in [1.82, 2.24) is 0 Å². The summed E-state index contributed by atoms with van der Waals surface area (Å²) in [6.07, 6.45) is -0.596. The van der Waals surface area contributed by atoms with Crippen molar-refractivity contribution in [3.63, 3.8) is 0 Å². The molecule has 2 aromatic rings. The predicted molar refractivity (Wildman–Crippen MR) is 87.4 cm³/mol. The molecule has 2 N–H and O–H groups in total. The molecule has 0 aromatic heterocycles. The van der Waals surface area contributed by atoms with Crippen molar-refractivity contribution in [3.8, 4) is 0 Å². The number of hydrogen-bond acceptors (Lipinski definition) is 4. The summed E-state index contributed by atoms with van der Waals surface area (Å²) in [5.41, 5.74) is 0.877. The quantitative estimate of drug-likeness (QED) is 0.845. The number of hydrogen-bond donors (Lipinski definition) is 2. The molecule has 116 valence electrons. The van der Waals surface area contributed by atoms with Gasteiger partial charge in [-0.3, -0.25) is 10.0 Å². The molecule has 8 heteroatoms. The van der Waals surface area contributed by atoms with E-state index in [0.717, 1.165) is 0 Å². The fourth-order valence-corrected chi connectivity index (χ4v) is 3.73. The fraction of sp³-hybridized carbons (Fsp3) is 0.0714. The maximum Gasteiger partial charge on any atom is 0.411 e. The molecule has 0 saturated carbocycles. The van der Waals surface area contributed by atoms with Gasteiger partial charge in [-0.15, -0.1) is 0 Å². The van der Waals surface area contributed by atoms with Crippen LogP contribution in [-0.2, 0) is 14.8 Å². The Labute approximate surface area is 136 Å². The van der Waals surface area contributed by atoms with Gasteiger partial charge in [-0.25, -0.2) is 13.2 Å². The summed E-state index contributed by atoms with van der Waals surface area (Å²) >= 11 is 3.21. The van der Waals surface area contributed by atoms with Gasteiger partial charge >= 0.3 is 6.09 Å². The van der Waals surface area contributed by atoms with E-state index in [-0.39, 0.29) is 4.90 Å². The van der Waals surface area contributed by atoms with E-state index in [1.54, 1.807) is 42.5 Å². The van der Waals surface area contributed by atoms with Crippen molar-refractivity contribution in [2.24, 2.45) is 0 Å². The van der Waals surface area contributed by atoms with Crippen LogP contribution in [0.1, 0.15) is 0 Å². The maximum absolute atomic E-state index is 12.3. The highest BCUT2D eigenvalue weighted by atomic mass is 79.9. The number of sulfonamides is 1. The van der Waals surface area contributed by atoms with Crippen molar-refractivity contribution in [2.75, 3.05) is 17.1 Å². The van der Waals surface area contributed by atoms with Gasteiger partial charge in [0.1, 0.15) is 4.90 Å². The normalized spacial score (nSPS) is 10.8. The van der Waals surface area contributed by atoms with Crippen LogP contribution in [0.15, 0.2) is 57.9 Å². The number of nitrogens with one attached hydrogen (secondary N) is 2. The van der Waals surface area contributed by atoms with E-state index in [0.29, 0.717) is 15.8 Å². The summed E-state index contributed by atoms with van der Waals surface area (Å²) in [5.74, 6) is 0. The topological polar surface area (TPSA) is 84.5 Å². The zero-order chi connectivity index (χ0) is 16.2. The molecule has 0 heterocycles. The summed E-state index contributed by atoms with van der Waals surface area (Å²) in [7, 11) is -2.43. The minimum atomic E-state index is -3.69. The smallest absolute Gasteiger partial charge is 0.411 e. The molecule has 0 radical (unpaired) electrons. The van der Waals surface area contributed by atoms with Crippen LogP contribution >= 0.6 is 15.9 Å². The highest BCUT2D eigenvalue weighted by Gasteiger charge is 2.17. The second-order valence-electron chi connectivity index (χ2n) is 4.23. The Morgan fingerprint density at radius 2 is 1.64 bits per heavy atom. The molecule has 0 aliphatic rings. The number of benzene rings is 2. The second-order valence-corrected chi connectivity index (χ2v) is 6.74. The average molecular weight is 385 g/mol. The van der Waals surface area contributed by atoms with Gasteiger partial charge in [0, 0.05) is 15.8 Å². The van der Waals surface area contributed by atoms with E-state index in [4.69, 9.17) is 0 Å². The van der Waals surface area contributed by atoms with E-state index in [2.05, 4.69) is 30.7 Å². The van der Waals surface area contributed by atoms with E-state index in [1.807, 2.05) is 0 Å². The fourth-order valence-electron chi connectivity index (χ4n) is 1.66. The Bertz CT molecular complexity index is 776. The van der Waals surface area contributed by atoms with Crippen molar-refractivity contribution >= 4 is 43.4 Å². The first kappa shape index (κ1) is 16.3. The van der Waals surface area contributed by atoms with Crippen molar-refractivity contribution < 1.29 is 17.9 Å². The Morgan fingerprint density at radius 1 is 1.05 bits per heavy atom. The van der Waals surface area contributed by atoms with E-state index in [9.17, 15) is 13.2 Å². The molecule has 0 atom stereocenters. The molecular formula is C14H13BrN2O4S. The largest absolute Gasteiger partial charge is 0.453 e. The number of ether oxygens (including phenoxy) is 1. The van der Waals surface area contributed by atoms with Crippen LogP contribution in [0.4, 0.5) is 16.2 Å². The van der Waals surface area contributed by atoms with Crippen LogP contribution in [0.25, 0.3) is 0 Å². The van der Waals surface area contributed by atoms with E-state index in [1.165, 1.54) is 13.2 Å². The summed E-state index contributed by atoms with van der Waals surface area (Å²) in [5, 5.41) is 2.48. The monoisotopic (exact) mass is 384 g/mol. The minimum absolute atomic E-state index is 0.145. The SMILES string of the molecule is COC(=O)Nc1ccc(NS(=O)(=O)c2ccccc2Br)cc1. The second kappa shape index (κ2) is 6.80. The maximum atomic E-state index is 12.3. The third-order valence-electron chi connectivity index (χ3n) is 2.70. The molecule has 0 fully saturated rings. The number of carbonyl (C=O) groups is 1. The molecule has 2 rings (SSSR count). The van der Waals surface area contributed by atoms with Crippen LogP contribution in [0, 0.1) is 0 Å². The van der Waals surface area contributed by atoms with Crippen LogP contribution in [0.5, 0.6) is 0 Å². The number of amides is 1. The third kappa shape index (κ3) is 3.99. The summed E-state index contributed by atoms with van der Waals surface area (Å²) in [4.78, 5) is 11.2. The van der Waals surface area contributed by atoms with Gasteiger partial charge in [0.05, 0.1) is 7.11 Å². The Hall–Kier alpha value is -2.06. The van der Waals surface area contributed by atoms with Crippen molar-refractivity contribution in [1.29, 1.82) is 0 Å². The molecule has 0 saturated heterocycles. The predicted octanol–water partition coefficient (Wildman–Crippen LogP) is 3.43. The first-order valence-corrected chi connectivity index (χ1v) is 8.42. The van der Waals surface area contributed by atoms with Crippen molar-refractivity contribution in [2.45, 2.75) is 4.90 Å². The molecule has 0 aliphatic heterocycles. The Morgan fingerprint density at radius 3 is 2.23 bits per heavy atom. The van der Waals surface area contributed by atoms with Gasteiger partial charge in [0.15, 0.2) is 0 Å². The van der Waals surface area contributed by atoms with Crippen molar-refractivity contribution in [3.05, 3.63) is 53.0 Å². The number of carbonyl (C=O) groups excluding carboxylic acids is 1. The Kier molecular flexibility index (Phi) is 5.04. The lowest BCUT2D eigenvalue weighted by Crippen LogP contribution is -2.14. The highest BCUT2D eigenvalue weighted by molar-refractivity contribution is 9.10. The molecule has 0 aliphatic carbocycles. The zero-order valence-corrected chi connectivity index (χ0v) is 13.9. The standard InChI is InChI=1S/C14H13BrN2O4S/c1-21-14(18)16-10-6-8-11(9-7-10)17-22(19,20)13-5-3-2-4-12(13)15/h2-9,17H,1H3,(H,16,18). The van der Waals surface area contributed by atoms with Gasteiger partial charge in [-0.1, -0.05) is 12.1 Å². The van der Waals surface area contributed by atoms with Crippen LogP contribution in [-0.4, -0.2) is 21.6 Å². The number of anilines is 2. The molecular weight excluding hydrogens is 372 g/mol. The van der Waals surface area contributed by atoms with Crippen LogP contribution in [0.2, 0.25) is 0 Å². The van der Waals surface area contributed by atoms with Gasteiger partial charge in [0.2, 0.25) is 0 Å². The number of halogens is 1. The van der Waals surface area contributed by atoms with E-state index >= 15 is 0 Å². The summed E-state index contributed by atoms with van der Waals surface area (Å²) in [6.45, 7) is 0. The van der Waals surface area contributed by atoms with E-state index < -0.39 is 16.1 Å². The third-order valence-corrected chi connectivity index (χ3v) is 5.09. The van der Waals surface area contributed by atoms with Gasteiger partial charge < -0.3 is 4.74 Å². The first-order chi connectivity index (χ1) is 10.4. The number of methoxy groups -OCH3 is 1. The van der Waals surface area contributed by atoms with Crippen LogP contribution in [0.3, 0.4) is 0 Å². The molecule has 22 heavy (non-hydrogen) atoms. The lowest BCUT2D eigenvalue weighted by molar-refractivity contribution is 0.187. The molecule has 1 amide bonds. The van der Waals surface area contributed by atoms with Crippen LogP contribution < -0.4 is 10.0 Å². The van der Waals surface area contributed by atoms with Gasteiger partial charge in [-0.05, 0) is 52.3 Å². The summed E-state index contributed by atoms with van der Waals surface area (Å²) in [6, 6.07) is 12.7. The average Bonchev–Trinajstić information content (AvgIpc) is 2.49. The Balaban J connectivity index is 2.17.